The lowest BCUT2D eigenvalue weighted by molar-refractivity contribution is -0.146. The topological polar surface area (TPSA) is 113 Å². The summed E-state index contributed by atoms with van der Waals surface area (Å²) in [4.78, 5) is 24.2. The van der Waals surface area contributed by atoms with Crippen LogP contribution in [0.2, 0.25) is 0 Å². The third-order valence-corrected chi connectivity index (χ3v) is 6.06. The molecule has 3 N–H and O–H groups in total. The van der Waals surface area contributed by atoms with Crippen molar-refractivity contribution < 1.29 is 23.1 Å². The van der Waals surface area contributed by atoms with Gasteiger partial charge in [-0.25, -0.2) is 13.2 Å². The van der Waals surface area contributed by atoms with Crippen molar-refractivity contribution in [1.82, 2.24) is 10.0 Å². The lowest BCUT2D eigenvalue weighted by atomic mass is 9.77. The second-order valence-corrected chi connectivity index (χ2v) is 8.35. The van der Waals surface area contributed by atoms with Crippen LogP contribution in [-0.2, 0) is 14.8 Å². The molecule has 0 aromatic heterocycles. The predicted molar refractivity (Wildman–Crippen MR) is 95.9 cm³/mol. The van der Waals surface area contributed by atoms with Gasteiger partial charge in [-0.2, -0.15) is 4.72 Å². The Kier molecular flexibility index (Phi) is 6.05. The van der Waals surface area contributed by atoms with Gasteiger partial charge in [-0.3, -0.25) is 4.79 Å². The van der Waals surface area contributed by atoms with Crippen molar-refractivity contribution in [2.45, 2.75) is 43.0 Å². The molecule has 1 fully saturated rings. The maximum atomic E-state index is 12.6. The largest absolute Gasteiger partial charge is 0.480 e. The second-order valence-electron chi connectivity index (χ2n) is 6.58. The van der Waals surface area contributed by atoms with E-state index in [0.29, 0.717) is 31.6 Å². The molecule has 1 aromatic rings. The highest BCUT2D eigenvalue weighted by Gasteiger charge is 2.42. The number of aliphatic carboxylic acids is 1. The first-order chi connectivity index (χ1) is 12.2. The van der Waals surface area contributed by atoms with E-state index >= 15 is 0 Å². The van der Waals surface area contributed by atoms with Crippen LogP contribution in [0, 0.1) is 18.3 Å². The normalized spacial score (nSPS) is 23.0. The molecule has 0 unspecified atom stereocenters. The van der Waals surface area contributed by atoms with Gasteiger partial charge in [-0.1, -0.05) is 18.9 Å². The number of benzene rings is 1. The average molecular weight is 378 g/mol. The van der Waals surface area contributed by atoms with Crippen molar-refractivity contribution >= 4 is 21.9 Å². The third-order valence-electron chi connectivity index (χ3n) is 4.66. The maximum absolute atomic E-state index is 12.6. The molecule has 140 valence electrons. The second kappa shape index (κ2) is 7.89. The monoisotopic (exact) mass is 378 g/mol. The Bertz CT molecular complexity index is 833. The zero-order valence-electron chi connectivity index (χ0n) is 14.5. The summed E-state index contributed by atoms with van der Waals surface area (Å²) in [6.45, 7) is 1.88. The van der Waals surface area contributed by atoms with Crippen LogP contribution in [0.25, 0.3) is 0 Å². The molecule has 1 amide bonds. The standard InChI is InChI=1S/C18H22N2O5S/c1-3-11-19-26(24,25)15-6-4-5-14(12-15)16(21)20-18(17(22)23)9-7-13(2)8-10-18/h1,4-6,12-13,19H,7-11H2,2H3,(H,20,21)(H,22,23). The van der Waals surface area contributed by atoms with Gasteiger partial charge in [0.2, 0.25) is 10.0 Å². The van der Waals surface area contributed by atoms with Gasteiger partial charge >= 0.3 is 5.97 Å². The quantitative estimate of drug-likeness (QED) is 0.647. The molecule has 8 heteroatoms. The van der Waals surface area contributed by atoms with Crippen LogP contribution in [0.1, 0.15) is 43.0 Å². The Labute approximate surface area is 153 Å². The van der Waals surface area contributed by atoms with Gasteiger partial charge in [-0.15, -0.1) is 6.42 Å². The third kappa shape index (κ3) is 4.42. The number of hydrogen-bond donors (Lipinski definition) is 3. The first-order valence-corrected chi connectivity index (χ1v) is 9.77. The molecule has 1 saturated carbocycles. The Morgan fingerprint density at radius 2 is 2.00 bits per heavy atom. The lowest BCUT2D eigenvalue weighted by Gasteiger charge is -2.36. The summed E-state index contributed by atoms with van der Waals surface area (Å²) in [5, 5.41) is 12.2. The molecule has 0 radical (unpaired) electrons. The minimum Gasteiger partial charge on any atom is -0.480 e. The van der Waals surface area contributed by atoms with Gasteiger partial charge < -0.3 is 10.4 Å². The molecule has 26 heavy (non-hydrogen) atoms. The summed E-state index contributed by atoms with van der Waals surface area (Å²) >= 11 is 0. The Balaban J connectivity index is 2.23. The highest BCUT2D eigenvalue weighted by molar-refractivity contribution is 7.89. The van der Waals surface area contributed by atoms with Crippen LogP contribution < -0.4 is 10.0 Å². The van der Waals surface area contributed by atoms with E-state index in [4.69, 9.17) is 6.42 Å². The van der Waals surface area contributed by atoms with Crippen LogP contribution in [0.15, 0.2) is 29.2 Å². The molecule has 1 aromatic carbocycles. The van der Waals surface area contributed by atoms with Gasteiger partial charge in [-0.05, 0) is 49.8 Å². The van der Waals surface area contributed by atoms with Crippen LogP contribution in [0.5, 0.6) is 0 Å². The number of carbonyl (C=O) groups excluding carboxylic acids is 1. The number of terminal acetylenes is 1. The van der Waals surface area contributed by atoms with Gasteiger partial charge in [0.25, 0.3) is 5.91 Å². The fraction of sp³-hybridized carbons (Fsp3) is 0.444. The zero-order valence-corrected chi connectivity index (χ0v) is 15.3. The fourth-order valence-electron chi connectivity index (χ4n) is 2.96. The molecule has 7 nitrogen and oxygen atoms in total. The van der Waals surface area contributed by atoms with Crippen molar-refractivity contribution in [1.29, 1.82) is 0 Å². The molecule has 0 bridgehead atoms. The number of rotatable bonds is 6. The molecule has 0 atom stereocenters. The smallest absolute Gasteiger partial charge is 0.329 e. The van der Waals surface area contributed by atoms with Crippen molar-refractivity contribution in [2.24, 2.45) is 5.92 Å². The van der Waals surface area contributed by atoms with Gasteiger partial charge in [0.05, 0.1) is 11.4 Å². The van der Waals surface area contributed by atoms with Crippen molar-refractivity contribution in [3.63, 3.8) is 0 Å². The summed E-state index contributed by atoms with van der Waals surface area (Å²) < 4.78 is 26.5. The first-order valence-electron chi connectivity index (χ1n) is 8.29. The molecule has 0 aliphatic heterocycles. The van der Waals surface area contributed by atoms with E-state index in [0.717, 1.165) is 0 Å². The minimum atomic E-state index is -3.84. The fourth-order valence-corrected chi connectivity index (χ4v) is 3.94. The van der Waals surface area contributed by atoms with Crippen molar-refractivity contribution in [2.75, 3.05) is 6.54 Å². The predicted octanol–water partition coefficient (Wildman–Crippen LogP) is 1.36. The van der Waals surface area contributed by atoms with E-state index in [2.05, 4.69) is 16.0 Å². The Morgan fingerprint density at radius 1 is 1.35 bits per heavy atom. The number of amides is 1. The van der Waals surface area contributed by atoms with Crippen LogP contribution in [0.3, 0.4) is 0 Å². The summed E-state index contributed by atoms with van der Waals surface area (Å²) in [6.07, 6.45) is 7.15. The van der Waals surface area contributed by atoms with Crippen LogP contribution in [0.4, 0.5) is 0 Å². The van der Waals surface area contributed by atoms with E-state index in [1.165, 1.54) is 24.3 Å². The molecule has 2 rings (SSSR count). The van der Waals surface area contributed by atoms with Crippen LogP contribution >= 0.6 is 0 Å². The molecule has 1 aliphatic rings. The number of carbonyl (C=O) groups is 2. The number of carboxylic acid groups (broad SMARTS) is 1. The van der Waals surface area contributed by atoms with Crippen molar-refractivity contribution in [3.05, 3.63) is 29.8 Å². The number of hydrogen-bond acceptors (Lipinski definition) is 4. The molecular formula is C18H22N2O5S. The number of nitrogens with one attached hydrogen (secondary N) is 2. The SMILES string of the molecule is C#CCNS(=O)(=O)c1cccc(C(=O)NC2(C(=O)O)CCC(C)CC2)c1. The first kappa shape index (κ1) is 19.9. The van der Waals surface area contributed by atoms with Crippen LogP contribution in [-0.4, -0.2) is 37.5 Å². The van der Waals surface area contributed by atoms with E-state index in [1.807, 2.05) is 6.92 Å². The highest BCUT2D eigenvalue weighted by atomic mass is 32.2. The Hall–Kier alpha value is -2.37. The molecular weight excluding hydrogens is 356 g/mol. The van der Waals surface area contributed by atoms with E-state index < -0.39 is 27.4 Å². The van der Waals surface area contributed by atoms with E-state index in [1.54, 1.807) is 0 Å². The van der Waals surface area contributed by atoms with Gasteiger partial charge in [0, 0.05) is 5.56 Å². The van der Waals surface area contributed by atoms with Crippen molar-refractivity contribution in [3.8, 4) is 12.3 Å². The molecule has 0 heterocycles. The Morgan fingerprint density at radius 3 is 2.58 bits per heavy atom. The zero-order chi connectivity index (χ0) is 19.4. The summed E-state index contributed by atoms with van der Waals surface area (Å²) in [7, 11) is -3.84. The highest BCUT2D eigenvalue weighted by Crippen LogP contribution is 2.32. The lowest BCUT2D eigenvalue weighted by Crippen LogP contribution is -2.56. The molecule has 1 aliphatic carbocycles. The number of sulfonamides is 1. The maximum Gasteiger partial charge on any atom is 0.329 e. The number of carboxylic acids is 1. The summed E-state index contributed by atoms with van der Waals surface area (Å²) in [5.41, 5.74) is -1.24. The van der Waals surface area contributed by atoms with E-state index in [9.17, 15) is 23.1 Å². The summed E-state index contributed by atoms with van der Waals surface area (Å²) in [6, 6.07) is 5.41. The van der Waals surface area contributed by atoms with Gasteiger partial charge in [0.1, 0.15) is 5.54 Å². The molecule has 0 saturated heterocycles. The van der Waals surface area contributed by atoms with Gasteiger partial charge in [0.15, 0.2) is 0 Å². The average Bonchev–Trinajstić information content (AvgIpc) is 2.62. The van der Waals surface area contributed by atoms with E-state index in [-0.39, 0.29) is 17.0 Å². The molecule has 0 spiro atoms. The summed E-state index contributed by atoms with van der Waals surface area (Å²) in [5.74, 6) is 0.896. The minimum absolute atomic E-state index is 0.0767.